The molecule has 0 spiro atoms. The van der Waals surface area contributed by atoms with Crippen LogP contribution in [-0.2, 0) is 0 Å². The SMILES string of the molecule is COc1cc(Cl)cc(C=Nn2c(C3CCCCC3)nc3ccccc3c2=O)c1OCC(C)(C)C. The number of methoxy groups -OCH3 is 1. The summed E-state index contributed by atoms with van der Waals surface area (Å²) in [5, 5.41) is 5.69. The predicted molar refractivity (Wildman–Crippen MR) is 138 cm³/mol. The second-order valence-corrected chi connectivity index (χ2v) is 10.5. The number of halogens is 1. The molecule has 1 heterocycles. The summed E-state index contributed by atoms with van der Waals surface area (Å²) < 4.78 is 13.1. The van der Waals surface area contributed by atoms with E-state index in [1.807, 2.05) is 18.2 Å². The van der Waals surface area contributed by atoms with Gasteiger partial charge < -0.3 is 9.47 Å². The van der Waals surface area contributed by atoms with E-state index in [2.05, 4.69) is 25.9 Å². The van der Waals surface area contributed by atoms with Gasteiger partial charge in [0.15, 0.2) is 11.5 Å². The molecule has 1 aliphatic rings. The van der Waals surface area contributed by atoms with Crippen molar-refractivity contribution < 1.29 is 9.47 Å². The topological polar surface area (TPSA) is 65.7 Å². The molecule has 0 N–H and O–H groups in total. The number of aromatic nitrogens is 2. The number of rotatable bonds is 6. The van der Waals surface area contributed by atoms with Crippen LogP contribution in [0.4, 0.5) is 0 Å². The van der Waals surface area contributed by atoms with E-state index < -0.39 is 0 Å². The third-order valence-electron chi connectivity index (χ3n) is 5.98. The van der Waals surface area contributed by atoms with Crippen LogP contribution >= 0.6 is 11.6 Å². The molecular weight excluding hydrogens is 450 g/mol. The highest BCUT2D eigenvalue weighted by Crippen LogP contribution is 2.35. The standard InChI is InChI=1S/C27H32ClN3O3/c1-27(2,3)17-34-24-19(14-20(28)15-23(24)33-4)16-29-31-25(18-10-6-5-7-11-18)30-22-13-9-8-12-21(22)26(31)32/h8-9,12-16,18H,5-7,10-11,17H2,1-4H3. The zero-order valence-electron chi connectivity index (χ0n) is 20.3. The van der Waals surface area contributed by atoms with Crippen LogP contribution in [-0.4, -0.2) is 29.6 Å². The van der Waals surface area contributed by atoms with Crippen molar-refractivity contribution >= 4 is 28.7 Å². The predicted octanol–water partition coefficient (Wildman–Crippen LogP) is 6.41. The van der Waals surface area contributed by atoms with Crippen molar-refractivity contribution in [1.29, 1.82) is 0 Å². The molecule has 1 aliphatic carbocycles. The van der Waals surface area contributed by atoms with Crippen molar-refractivity contribution in [3.63, 3.8) is 0 Å². The second kappa shape index (κ2) is 10.2. The summed E-state index contributed by atoms with van der Waals surface area (Å²) in [4.78, 5) is 18.4. The Hall–Kier alpha value is -2.86. The van der Waals surface area contributed by atoms with Crippen molar-refractivity contribution in [3.8, 4) is 11.5 Å². The highest BCUT2D eigenvalue weighted by molar-refractivity contribution is 6.31. The zero-order chi connectivity index (χ0) is 24.3. The average Bonchev–Trinajstić information content (AvgIpc) is 2.82. The fourth-order valence-electron chi connectivity index (χ4n) is 4.28. The second-order valence-electron chi connectivity index (χ2n) is 10.1. The third kappa shape index (κ3) is 5.44. The Kier molecular flexibility index (Phi) is 7.27. The van der Waals surface area contributed by atoms with Crippen LogP contribution in [0.2, 0.25) is 5.02 Å². The van der Waals surface area contributed by atoms with Crippen molar-refractivity contribution in [2.75, 3.05) is 13.7 Å². The van der Waals surface area contributed by atoms with Crippen LogP contribution in [0.5, 0.6) is 11.5 Å². The number of benzene rings is 2. The highest BCUT2D eigenvalue weighted by atomic mass is 35.5. The maximum absolute atomic E-state index is 13.5. The molecule has 0 atom stereocenters. The lowest BCUT2D eigenvalue weighted by atomic mass is 9.88. The molecule has 1 aromatic heterocycles. The average molecular weight is 482 g/mol. The van der Waals surface area contributed by atoms with Gasteiger partial charge in [-0.15, -0.1) is 0 Å². The van der Waals surface area contributed by atoms with Crippen LogP contribution in [0.3, 0.4) is 0 Å². The van der Waals surface area contributed by atoms with E-state index in [0.717, 1.165) is 25.7 Å². The molecule has 0 saturated heterocycles. The minimum Gasteiger partial charge on any atom is -0.493 e. The molecule has 0 bridgehead atoms. The molecule has 1 fully saturated rings. The summed E-state index contributed by atoms with van der Waals surface area (Å²) >= 11 is 6.36. The van der Waals surface area contributed by atoms with Crippen LogP contribution in [0, 0.1) is 5.41 Å². The van der Waals surface area contributed by atoms with E-state index >= 15 is 0 Å². The Bertz CT molecular complexity index is 1250. The normalized spacial score (nSPS) is 15.2. The summed E-state index contributed by atoms with van der Waals surface area (Å²) in [6.07, 6.45) is 7.11. The van der Waals surface area contributed by atoms with Crippen LogP contribution in [0.1, 0.15) is 70.2 Å². The van der Waals surface area contributed by atoms with Gasteiger partial charge in [0.2, 0.25) is 0 Å². The fraction of sp³-hybridized carbons (Fsp3) is 0.444. The first-order chi connectivity index (χ1) is 16.3. The van der Waals surface area contributed by atoms with Gasteiger partial charge in [-0.2, -0.15) is 9.78 Å². The first-order valence-corrected chi connectivity index (χ1v) is 12.2. The van der Waals surface area contributed by atoms with E-state index in [4.69, 9.17) is 26.1 Å². The Balaban J connectivity index is 1.83. The smallest absolute Gasteiger partial charge is 0.282 e. The molecule has 6 nitrogen and oxygen atoms in total. The molecule has 4 rings (SSSR count). The van der Waals surface area contributed by atoms with E-state index in [0.29, 0.717) is 45.4 Å². The van der Waals surface area contributed by atoms with Crippen molar-refractivity contribution in [3.05, 3.63) is 63.2 Å². The molecule has 1 saturated carbocycles. The summed E-state index contributed by atoms with van der Waals surface area (Å²) in [7, 11) is 1.58. The van der Waals surface area contributed by atoms with Gasteiger partial charge in [0, 0.05) is 22.6 Å². The lowest BCUT2D eigenvalue weighted by Gasteiger charge is -2.23. The van der Waals surface area contributed by atoms with Gasteiger partial charge in [0.05, 0.1) is 30.8 Å². The molecule has 0 aliphatic heterocycles. The van der Waals surface area contributed by atoms with Gasteiger partial charge in [-0.1, -0.05) is 63.8 Å². The number of nitrogens with zero attached hydrogens (tertiary/aromatic N) is 3. The number of hydrogen-bond donors (Lipinski definition) is 0. The monoisotopic (exact) mass is 481 g/mol. The minimum absolute atomic E-state index is 0.0492. The number of para-hydroxylation sites is 1. The zero-order valence-corrected chi connectivity index (χ0v) is 21.1. The Morgan fingerprint density at radius 3 is 2.62 bits per heavy atom. The molecule has 0 unspecified atom stereocenters. The van der Waals surface area contributed by atoms with Gasteiger partial charge in [-0.05, 0) is 36.5 Å². The Labute approximate surface area is 205 Å². The van der Waals surface area contributed by atoms with Crippen LogP contribution < -0.4 is 15.0 Å². The quantitative estimate of drug-likeness (QED) is 0.381. The maximum Gasteiger partial charge on any atom is 0.282 e. The van der Waals surface area contributed by atoms with E-state index in [1.165, 1.54) is 11.1 Å². The first-order valence-electron chi connectivity index (χ1n) is 11.8. The molecule has 3 aromatic rings. The molecule has 0 amide bonds. The van der Waals surface area contributed by atoms with Gasteiger partial charge >= 0.3 is 0 Å². The van der Waals surface area contributed by atoms with E-state index in [9.17, 15) is 4.79 Å². The van der Waals surface area contributed by atoms with Crippen molar-refractivity contribution in [2.24, 2.45) is 10.5 Å². The highest BCUT2D eigenvalue weighted by Gasteiger charge is 2.23. The summed E-state index contributed by atoms with van der Waals surface area (Å²) in [6, 6.07) is 10.9. The minimum atomic E-state index is -0.173. The van der Waals surface area contributed by atoms with Gasteiger partial charge in [0.1, 0.15) is 5.82 Å². The molecule has 180 valence electrons. The Morgan fingerprint density at radius 1 is 1.18 bits per heavy atom. The molecule has 7 heteroatoms. The Morgan fingerprint density at radius 2 is 1.91 bits per heavy atom. The third-order valence-corrected chi connectivity index (χ3v) is 6.20. The largest absolute Gasteiger partial charge is 0.493 e. The van der Waals surface area contributed by atoms with Gasteiger partial charge in [0.25, 0.3) is 5.56 Å². The molecule has 2 aromatic carbocycles. The molecular formula is C27H32ClN3O3. The van der Waals surface area contributed by atoms with Crippen LogP contribution in [0.25, 0.3) is 10.9 Å². The van der Waals surface area contributed by atoms with E-state index in [-0.39, 0.29) is 16.9 Å². The molecule has 34 heavy (non-hydrogen) atoms. The number of ether oxygens (including phenoxy) is 2. The van der Waals surface area contributed by atoms with E-state index in [1.54, 1.807) is 31.5 Å². The summed E-state index contributed by atoms with van der Waals surface area (Å²) in [6.45, 7) is 6.77. The summed E-state index contributed by atoms with van der Waals surface area (Å²) in [5.41, 5.74) is 1.13. The van der Waals surface area contributed by atoms with Crippen molar-refractivity contribution in [1.82, 2.24) is 9.66 Å². The van der Waals surface area contributed by atoms with Crippen molar-refractivity contribution in [2.45, 2.75) is 58.8 Å². The van der Waals surface area contributed by atoms with Crippen LogP contribution in [0.15, 0.2) is 46.3 Å². The summed E-state index contributed by atoms with van der Waals surface area (Å²) in [5.74, 6) is 1.99. The number of hydrogen-bond acceptors (Lipinski definition) is 5. The van der Waals surface area contributed by atoms with Gasteiger partial charge in [-0.25, -0.2) is 4.98 Å². The number of fused-ring (bicyclic) bond motifs is 1. The lowest BCUT2D eigenvalue weighted by molar-refractivity contribution is 0.191. The lowest BCUT2D eigenvalue weighted by Crippen LogP contribution is -2.25. The first kappa shape index (κ1) is 24.3. The maximum atomic E-state index is 13.5. The fourth-order valence-corrected chi connectivity index (χ4v) is 4.49. The molecule has 0 radical (unpaired) electrons. The van der Waals surface area contributed by atoms with Gasteiger partial charge in [-0.3, -0.25) is 4.79 Å².